The average Bonchev–Trinajstić information content (AvgIpc) is 2.97. The van der Waals surface area contributed by atoms with Crippen molar-refractivity contribution in [2.45, 2.75) is 0 Å². The molecule has 0 aliphatic heterocycles. The number of hydrogen-bond donors (Lipinski definition) is 1. The Morgan fingerprint density at radius 3 is 2.76 bits per heavy atom. The normalized spacial score (nSPS) is 13.9. The van der Waals surface area contributed by atoms with Gasteiger partial charge in [-0.3, -0.25) is 9.59 Å². The second-order valence-corrected chi connectivity index (χ2v) is 7.18. The Labute approximate surface area is 153 Å². The Morgan fingerprint density at radius 2 is 2.08 bits per heavy atom. The Morgan fingerprint density at radius 1 is 1.32 bits per heavy atom. The van der Waals surface area contributed by atoms with E-state index in [4.69, 9.17) is 11.6 Å². The van der Waals surface area contributed by atoms with Gasteiger partial charge in [0.05, 0.1) is 16.3 Å². The highest BCUT2D eigenvalue weighted by Crippen LogP contribution is 2.36. The van der Waals surface area contributed by atoms with Crippen LogP contribution in [-0.2, 0) is 0 Å². The van der Waals surface area contributed by atoms with Crippen molar-refractivity contribution in [3.63, 3.8) is 0 Å². The van der Waals surface area contributed by atoms with Gasteiger partial charge in [-0.05, 0) is 26.2 Å². The minimum Gasteiger partial charge on any atom is -0.380 e. The minimum atomic E-state index is -0.546. The largest absolute Gasteiger partial charge is 0.380 e. The van der Waals surface area contributed by atoms with Gasteiger partial charge in [0.25, 0.3) is 0 Å². The summed E-state index contributed by atoms with van der Waals surface area (Å²) >= 11 is 7.03. The fraction of sp³-hybridized carbons (Fsp3) is 0.235. The van der Waals surface area contributed by atoms with E-state index in [1.54, 1.807) is 0 Å². The smallest absolute Gasteiger partial charge is 0.228 e. The summed E-state index contributed by atoms with van der Waals surface area (Å²) in [5.74, 6) is -1.24. The Hall–Kier alpha value is -2.09. The van der Waals surface area contributed by atoms with E-state index in [9.17, 15) is 14.0 Å². The number of allylic oxidation sites excluding steroid dienone is 2. The molecule has 1 aromatic heterocycles. The van der Waals surface area contributed by atoms with Gasteiger partial charge in [0.15, 0.2) is 5.78 Å². The summed E-state index contributed by atoms with van der Waals surface area (Å²) in [4.78, 5) is 31.3. The molecule has 0 saturated heterocycles. The molecule has 8 heteroatoms. The summed E-state index contributed by atoms with van der Waals surface area (Å²) in [5.41, 5.74) is 0.348. The van der Waals surface area contributed by atoms with Gasteiger partial charge in [-0.2, -0.15) is 0 Å². The number of aromatic nitrogens is 1. The van der Waals surface area contributed by atoms with Crippen LogP contribution in [0.15, 0.2) is 30.0 Å². The summed E-state index contributed by atoms with van der Waals surface area (Å²) < 4.78 is 14.1. The molecule has 0 bridgehead atoms. The molecule has 1 aliphatic rings. The number of carbonyl (C=O) groups is 2. The first-order valence-electron chi connectivity index (χ1n) is 7.53. The molecule has 0 unspecified atom stereocenters. The highest BCUT2D eigenvalue weighted by atomic mass is 35.5. The minimum absolute atomic E-state index is 0.0409. The molecule has 0 fully saturated rings. The molecule has 3 rings (SSSR count). The van der Waals surface area contributed by atoms with Gasteiger partial charge in [-0.25, -0.2) is 9.37 Å². The predicted octanol–water partition coefficient (Wildman–Crippen LogP) is 3.02. The Balaban J connectivity index is 1.93. The van der Waals surface area contributed by atoms with Crippen LogP contribution in [0.2, 0.25) is 5.02 Å². The molecule has 0 radical (unpaired) electrons. The first-order chi connectivity index (χ1) is 11.9. The van der Waals surface area contributed by atoms with Crippen LogP contribution in [0.3, 0.4) is 0 Å². The molecule has 1 aliphatic carbocycles. The standard InChI is InChI=1S/C17H15ClFN3O2S/c1-22(2)7-6-20-11-8-12(23)16-14(15(11)24)21-17(25-16)13-9(18)4-3-5-10(13)19/h3-5,8,20H,6-7H2,1-2H3. The number of thiazole rings is 1. The molecule has 25 heavy (non-hydrogen) atoms. The maximum atomic E-state index is 14.1. The van der Waals surface area contributed by atoms with Crippen molar-refractivity contribution >= 4 is 34.5 Å². The van der Waals surface area contributed by atoms with Gasteiger partial charge in [0.2, 0.25) is 5.78 Å². The number of likely N-dealkylation sites (N-methyl/N-ethyl adjacent to an activating group) is 1. The number of fused-ring (bicyclic) bond motifs is 1. The number of nitrogens with one attached hydrogen (secondary N) is 1. The second-order valence-electron chi connectivity index (χ2n) is 5.77. The van der Waals surface area contributed by atoms with Gasteiger partial charge in [-0.1, -0.05) is 17.7 Å². The zero-order valence-electron chi connectivity index (χ0n) is 13.6. The molecule has 0 saturated carbocycles. The average molecular weight is 380 g/mol. The van der Waals surface area contributed by atoms with Crippen LogP contribution in [0.25, 0.3) is 10.6 Å². The Bertz CT molecular complexity index is 872. The number of hydrogen-bond acceptors (Lipinski definition) is 6. The number of halogens is 2. The van der Waals surface area contributed by atoms with E-state index in [1.807, 2.05) is 19.0 Å². The lowest BCUT2D eigenvalue weighted by Crippen LogP contribution is -2.31. The fourth-order valence-corrected chi connectivity index (χ4v) is 3.73. The first kappa shape index (κ1) is 17.7. The van der Waals surface area contributed by atoms with Crippen molar-refractivity contribution in [3.8, 4) is 10.6 Å². The van der Waals surface area contributed by atoms with Gasteiger partial charge in [0.1, 0.15) is 21.4 Å². The third-order valence-electron chi connectivity index (χ3n) is 3.64. The van der Waals surface area contributed by atoms with E-state index < -0.39 is 5.82 Å². The van der Waals surface area contributed by atoms with Crippen molar-refractivity contribution in [2.24, 2.45) is 0 Å². The van der Waals surface area contributed by atoms with E-state index in [1.165, 1.54) is 24.3 Å². The number of rotatable bonds is 5. The number of Topliss-reactive ketones (excluding diaryl/α,β-unsaturated/α-hetero) is 1. The monoisotopic (exact) mass is 379 g/mol. The van der Waals surface area contributed by atoms with Gasteiger partial charge in [-0.15, -0.1) is 11.3 Å². The van der Waals surface area contributed by atoms with Crippen LogP contribution >= 0.6 is 22.9 Å². The molecule has 0 amide bonds. The third kappa shape index (κ3) is 3.49. The first-order valence-corrected chi connectivity index (χ1v) is 8.72. The molecule has 130 valence electrons. The van der Waals surface area contributed by atoms with Crippen molar-refractivity contribution < 1.29 is 14.0 Å². The van der Waals surface area contributed by atoms with E-state index in [2.05, 4.69) is 10.3 Å². The fourth-order valence-electron chi connectivity index (χ4n) is 2.39. The van der Waals surface area contributed by atoms with E-state index in [0.29, 0.717) is 13.1 Å². The summed E-state index contributed by atoms with van der Waals surface area (Å²) in [6.45, 7) is 1.22. The van der Waals surface area contributed by atoms with Crippen molar-refractivity contribution in [3.05, 3.63) is 51.4 Å². The highest BCUT2D eigenvalue weighted by molar-refractivity contribution is 7.17. The van der Waals surface area contributed by atoms with Crippen LogP contribution in [0, 0.1) is 5.82 Å². The molecule has 0 spiro atoms. The zero-order valence-corrected chi connectivity index (χ0v) is 15.2. The molecule has 1 aromatic carbocycles. The van der Waals surface area contributed by atoms with Crippen molar-refractivity contribution in [1.29, 1.82) is 0 Å². The molecule has 1 N–H and O–H groups in total. The van der Waals surface area contributed by atoms with Crippen LogP contribution in [0.5, 0.6) is 0 Å². The van der Waals surface area contributed by atoms with Crippen LogP contribution in [-0.4, -0.2) is 48.6 Å². The second kappa shape index (κ2) is 7.03. The Kier molecular flexibility index (Phi) is 4.99. The molecule has 2 aromatic rings. The molecule has 5 nitrogen and oxygen atoms in total. The number of nitrogens with zero attached hydrogens (tertiary/aromatic N) is 2. The molecular formula is C17H15ClFN3O2S. The molecule has 0 atom stereocenters. The summed E-state index contributed by atoms with van der Waals surface area (Å²) in [6.07, 6.45) is 1.27. The lowest BCUT2D eigenvalue weighted by Gasteiger charge is -2.15. The van der Waals surface area contributed by atoms with E-state index in [-0.39, 0.29) is 43.4 Å². The van der Waals surface area contributed by atoms with E-state index >= 15 is 0 Å². The SMILES string of the molecule is CN(C)CCNC1=CC(=O)c2sc(-c3c(F)cccc3Cl)nc2C1=O. The maximum absolute atomic E-state index is 14.1. The summed E-state index contributed by atoms with van der Waals surface area (Å²) in [5, 5.41) is 3.36. The van der Waals surface area contributed by atoms with Crippen LogP contribution in [0.4, 0.5) is 4.39 Å². The van der Waals surface area contributed by atoms with Crippen LogP contribution < -0.4 is 5.32 Å². The quantitative estimate of drug-likeness (QED) is 0.865. The van der Waals surface area contributed by atoms with Crippen molar-refractivity contribution in [1.82, 2.24) is 15.2 Å². The topological polar surface area (TPSA) is 62.3 Å². The zero-order chi connectivity index (χ0) is 18.1. The number of benzene rings is 1. The third-order valence-corrected chi connectivity index (χ3v) is 5.04. The summed E-state index contributed by atoms with van der Waals surface area (Å²) in [6, 6.07) is 4.29. The number of ketones is 2. The van der Waals surface area contributed by atoms with E-state index in [0.717, 1.165) is 11.3 Å². The highest BCUT2D eigenvalue weighted by Gasteiger charge is 2.31. The predicted molar refractivity (Wildman–Crippen MR) is 95.8 cm³/mol. The molecule has 1 heterocycles. The van der Waals surface area contributed by atoms with Gasteiger partial charge >= 0.3 is 0 Å². The maximum Gasteiger partial charge on any atom is 0.228 e. The van der Waals surface area contributed by atoms with Gasteiger partial charge < -0.3 is 10.2 Å². The molecular weight excluding hydrogens is 365 g/mol. The lowest BCUT2D eigenvalue weighted by atomic mass is 10.0. The van der Waals surface area contributed by atoms with Crippen molar-refractivity contribution in [2.75, 3.05) is 27.2 Å². The lowest BCUT2D eigenvalue weighted by molar-refractivity contribution is 0.0977. The summed E-state index contributed by atoms with van der Waals surface area (Å²) in [7, 11) is 3.82. The number of carbonyl (C=O) groups excluding carboxylic acids is 2. The van der Waals surface area contributed by atoms with Gasteiger partial charge in [0, 0.05) is 19.2 Å². The van der Waals surface area contributed by atoms with Crippen LogP contribution in [0.1, 0.15) is 20.2 Å².